The Bertz CT molecular complexity index is 347. The van der Waals surface area contributed by atoms with Crippen LogP contribution in [0.3, 0.4) is 0 Å². The molecule has 2 atom stereocenters. The quantitative estimate of drug-likeness (QED) is 0.702. The zero-order valence-electron chi connectivity index (χ0n) is 11.7. The van der Waals surface area contributed by atoms with Gasteiger partial charge >= 0.3 is 6.16 Å². The number of carbonyl (C=O) groups is 1. The fraction of sp³-hybridized carbons (Fsp3) is 0.933. The maximum absolute atomic E-state index is 11.5. The first-order valence-electron chi connectivity index (χ1n) is 7.24. The average Bonchev–Trinajstić information content (AvgIpc) is 2.26. The summed E-state index contributed by atoms with van der Waals surface area (Å²) in [7, 11) is 1.40. The second-order valence-corrected chi connectivity index (χ2v) is 7.22. The number of rotatable bonds is 2. The predicted octanol–water partition coefficient (Wildman–Crippen LogP) is 3.76. The third-order valence-corrected chi connectivity index (χ3v) is 5.74. The van der Waals surface area contributed by atoms with Crippen molar-refractivity contribution < 1.29 is 14.3 Å². The highest BCUT2D eigenvalue weighted by molar-refractivity contribution is 5.60. The highest BCUT2D eigenvalue weighted by Crippen LogP contribution is 2.65. The molecule has 4 aliphatic carbocycles. The number of hydrogen-bond acceptors (Lipinski definition) is 3. The van der Waals surface area contributed by atoms with Crippen molar-refractivity contribution in [3.05, 3.63) is 0 Å². The lowest BCUT2D eigenvalue weighted by atomic mass is 9.45. The lowest BCUT2D eigenvalue weighted by molar-refractivity contribution is -0.185. The molecule has 0 aromatic heterocycles. The van der Waals surface area contributed by atoms with E-state index in [0.717, 1.165) is 31.1 Å². The van der Waals surface area contributed by atoms with Gasteiger partial charge in [0.1, 0.15) is 5.60 Å². The summed E-state index contributed by atoms with van der Waals surface area (Å²) in [6, 6.07) is 0. The molecule has 0 aromatic rings. The lowest BCUT2D eigenvalue weighted by Crippen LogP contribution is -2.58. The Kier molecular flexibility index (Phi) is 2.65. The van der Waals surface area contributed by atoms with Crippen LogP contribution < -0.4 is 0 Å². The van der Waals surface area contributed by atoms with Gasteiger partial charge in [0.2, 0.25) is 0 Å². The maximum atomic E-state index is 11.5. The molecule has 0 spiro atoms. The molecule has 0 amide bonds. The molecular formula is C15H24O3. The molecule has 0 aliphatic heterocycles. The van der Waals surface area contributed by atoms with Crippen molar-refractivity contribution in [2.45, 2.75) is 58.0 Å². The Morgan fingerprint density at radius 2 is 1.78 bits per heavy atom. The molecule has 4 fully saturated rings. The van der Waals surface area contributed by atoms with Gasteiger partial charge in [0.15, 0.2) is 0 Å². The van der Waals surface area contributed by atoms with Crippen LogP contribution in [-0.2, 0) is 9.47 Å². The van der Waals surface area contributed by atoms with Crippen LogP contribution in [0, 0.1) is 23.2 Å². The Morgan fingerprint density at radius 3 is 2.28 bits per heavy atom. The summed E-state index contributed by atoms with van der Waals surface area (Å²) in [5.41, 5.74) is 0.208. The highest BCUT2D eigenvalue weighted by Gasteiger charge is 2.60. The molecule has 4 aliphatic rings. The first kappa shape index (κ1) is 12.3. The fourth-order valence-electron chi connectivity index (χ4n) is 5.26. The smallest absolute Gasteiger partial charge is 0.438 e. The minimum Gasteiger partial charge on any atom is -0.438 e. The van der Waals surface area contributed by atoms with E-state index < -0.39 is 6.16 Å². The molecule has 2 unspecified atom stereocenters. The van der Waals surface area contributed by atoms with Crippen molar-refractivity contribution in [1.82, 2.24) is 0 Å². The molecule has 0 saturated heterocycles. The molecule has 4 rings (SSSR count). The van der Waals surface area contributed by atoms with Crippen LogP contribution >= 0.6 is 0 Å². The minimum atomic E-state index is -0.490. The monoisotopic (exact) mass is 252 g/mol. The second kappa shape index (κ2) is 3.88. The van der Waals surface area contributed by atoms with Gasteiger partial charge in [0.05, 0.1) is 7.11 Å². The Balaban J connectivity index is 1.87. The molecule has 18 heavy (non-hydrogen) atoms. The predicted molar refractivity (Wildman–Crippen MR) is 68.2 cm³/mol. The standard InChI is InChI=1S/C15H24O3/c1-10(2)14-5-11-4-12(6-14)8-15(7-11,9-14)18-13(16)17-3/h10-12H,4-9H2,1-3H3. The van der Waals surface area contributed by atoms with Crippen molar-refractivity contribution in [3.8, 4) is 0 Å². The van der Waals surface area contributed by atoms with Gasteiger partial charge in [-0.2, -0.15) is 0 Å². The molecule has 4 bridgehead atoms. The first-order valence-corrected chi connectivity index (χ1v) is 7.24. The summed E-state index contributed by atoms with van der Waals surface area (Å²) in [5.74, 6) is 2.21. The van der Waals surface area contributed by atoms with Crippen molar-refractivity contribution in [3.63, 3.8) is 0 Å². The van der Waals surface area contributed by atoms with Crippen LogP contribution in [0.4, 0.5) is 4.79 Å². The van der Waals surface area contributed by atoms with Gasteiger partial charge in [-0.15, -0.1) is 0 Å². The number of ether oxygens (including phenoxy) is 2. The van der Waals surface area contributed by atoms with E-state index >= 15 is 0 Å². The van der Waals surface area contributed by atoms with Crippen LogP contribution in [0.25, 0.3) is 0 Å². The Labute approximate surface area is 109 Å². The van der Waals surface area contributed by atoms with Crippen LogP contribution in [-0.4, -0.2) is 18.9 Å². The Hall–Kier alpha value is -0.730. The summed E-state index contributed by atoms with van der Waals surface area (Å²) in [6.45, 7) is 4.66. The van der Waals surface area contributed by atoms with Crippen molar-refractivity contribution in [2.75, 3.05) is 7.11 Å². The van der Waals surface area contributed by atoms with Gasteiger partial charge in [-0.05, 0) is 61.7 Å². The molecule has 0 radical (unpaired) electrons. The van der Waals surface area contributed by atoms with Gasteiger partial charge in [-0.1, -0.05) is 13.8 Å². The van der Waals surface area contributed by atoms with Gasteiger partial charge < -0.3 is 9.47 Å². The fourth-order valence-corrected chi connectivity index (χ4v) is 5.26. The van der Waals surface area contributed by atoms with Crippen LogP contribution in [0.15, 0.2) is 0 Å². The third-order valence-electron chi connectivity index (χ3n) is 5.74. The molecule has 3 heteroatoms. The van der Waals surface area contributed by atoms with E-state index in [4.69, 9.17) is 9.47 Å². The van der Waals surface area contributed by atoms with E-state index in [9.17, 15) is 4.79 Å². The number of hydrogen-bond donors (Lipinski definition) is 0. The van der Waals surface area contributed by atoms with Crippen molar-refractivity contribution in [2.24, 2.45) is 23.2 Å². The summed E-state index contributed by atoms with van der Waals surface area (Å²) in [4.78, 5) is 11.5. The molecule has 3 nitrogen and oxygen atoms in total. The zero-order valence-corrected chi connectivity index (χ0v) is 11.7. The summed E-state index contributed by atoms with van der Waals surface area (Å²) >= 11 is 0. The third kappa shape index (κ3) is 1.74. The van der Waals surface area contributed by atoms with Crippen molar-refractivity contribution in [1.29, 1.82) is 0 Å². The molecule has 0 N–H and O–H groups in total. The van der Waals surface area contributed by atoms with Gasteiger partial charge in [-0.25, -0.2) is 4.79 Å². The van der Waals surface area contributed by atoms with E-state index in [1.54, 1.807) is 0 Å². The van der Waals surface area contributed by atoms with Crippen molar-refractivity contribution >= 4 is 6.16 Å². The summed E-state index contributed by atoms with van der Waals surface area (Å²) < 4.78 is 10.4. The van der Waals surface area contributed by atoms with Crippen LogP contribution in [0.1, 0.15) is 52.4 Å². The molecular weight excluding hydrogens is 228 g/mol. The zero-order chi connectivity index (χ0) is 13.0. The van der Waals surface area contributed by atoms with E-state index in [1.807, 2.05) is 0 Å². The normalized spacial score (nSPS) is 45.3. The average molecular weight is 252 g/mol. The lowest BCUT2D eigenvalue weighted by Gasteiger charge is -2.62. The molecule has 4 saturated carbocycles. The SMILES string of the molecule is COC(=O)OC12CC3CC(C1)CC(C(C)C)(C3)C2. The highest BCUT2D eigenvalue weighted by atomic mass is 16.7. The van der Waals surface area contributed by atoms with Crippen LogP contribution in [0.2, 0.25) is 0 Å². The van der Waals surface area contributed by atoms with E-state index in [2.05, 4.69) is 13.8 Å². The van der Waals surface area contributed by atoms with Gasteiger partial charge in [-0.3, -0.25) is 0 Å². The molecule has 0 heterocycles. The van der Waals surface area contributed by atoms with E-state index in [1.165, 1.54) is 26.4 Å². The van der Waals surface area contributed by atoms with E-state index in [0.29, 0.717) is 11.3 Å². The summed E-state index contributed by atoms with van der Waals surface area (Å²) in [6.07, 6.45) is 6.72. The molecule has 102 valence electrons. The number of methoxy groups -OCH3 is 1. The largest absolute Gasteiger partial charge is 0.508 e. The second-order valence-electron chi connectivity index (χ2n) is 7.22. The van der Waals surface area contributed by atoms with Gasteiger partial charge in [0, 0.05) is 0 Å². The molecule has 0 aromatic carbocycles. The topological polar surface area (TPSA) is 35.5 Å². The van der Waals surface area contributed by atoms with Gasteiger partial charge in [0.25, 0.3) is 0 Å². The van der Waals surface area contributed by atoms with E-state index in [-0.39, 0.29) is 5.60 Å². The number of carbonyl (C=O) groups excluding carboxylic acids is 1. The first-order chi connectivity index (χ1) is 8.47. The maximum Gasteiger partial charge on any atom is 0.508 e. The Morgan fingerprint density at radius 1 is 1.17 bits per heavy atom. The summed E-state index contributed by atoms with van der Waals surface area (Å²) in [5, 5.41) is 0. The minimum absolute atomic E-state index is 0.207. The van der Waals surface area contributed by atoms with Crippen LogP contribution in [0.5, 0.6) is 0 Å².